The third kappa shape index (κ3) is 3.60. The summed E-state index contributed by atoms with van der Waals surface area (Å²) in [6, 6.07) is 4.28. The van der Waals surface area contributed by atoms with Crippen molar-refractivity contribution < 1.29 is 17.9 Å². The molecule has 0 saturated carbocycles. The number of hydrogen-bond acceptors (Lipinski definition) is 8. The SMILES string of the molecule is Cn1cc(C2=C(C#N)c3c(N4CCN(C(=O)OC5CS(=O)(=O)C5)CC4)ccnc3C2)cn1. The van der Waals surface area contributed by atoms with Crippen LogP contribution < -0.4 is 4.90 Å². The van der Waals surface area contributed by atoms with Crippen molar-refractivity contribution in [3.63, 3.8) is 0 Å². The van der Waals surface area contributed by atoms with E-state index in [1.54, 1.807) is 22.0 Å². The number of ether oxygens (including phenoxy) is 1. The number of aryl methyl sites for hydroxylation is 1. The van der Waals surface area contributed by atoms with E-state index in [1.807, 2.05) is 19.3 Å². The maximum absolute atomic E-state index is 12.4. The summed E-state index contributed by atoms with van der Waals surface area (Å²) in [5.74, 6) is -0.186. The van der Waals surface area contributed by atoms with Gasteiger partial charge in [0.25, 0.3) is 0 Å². The Balaban J connectivity index is 1.32. The monoisotopic (exact) mass is 454 g/mol. The van der Waals surface area contributed by atoms with Crippen LogP contribution in [0.15, 0.2) is 24.7 Å². The van der Waals surface area contributed by atoms with Gasteiger partial charge in [-0.15, -0.1) is 0 Å². The zero-order valence-electron chi connectivity index (χ0n) is 17.6. The molecule has 2 aromatic rings. The molecule has 0 aromatic carbocycles. The minimum atomic E-state index is -3.03. The number of nitrogens with zero attached hydrogens (tertiary/aromatic N) is 6. The number of allylic oxidation sites excluding steroid dienone is 2. The van der Waals surface area contributed by atoms with Gasteiger partial charge in [0, 0.05) is 68.9 Å². The second kappa shape index (κ2) is 7.63. The van der Waals surface area contributed by atoms with Gasteiger partial charge in [-0.2, -0.15) is 10.4 Å². The Kier molecular flexibility index (Phi) is 4.89. The molecule has 0 bridgehead atoms. The molecule has 4 heterocycles. The van der Waals surface area contributed by atoms with Crippen LogP contribution in [0.5, 0.6) is 0 Å². The molecule has 1 amide bonds. The molecule has 10 nitrogen and oxygen atoms in total. The van der Waals surface area contributed by atoms with Crippen LogP contribution in [0.1, 0.15) is 16.8 Å². The van der Waals surface area contributed by atoms with E-state index in [9.17, 15) is 18.5 Å². The van der Waals surface area contributed by atoms with Crippen molar-refractivity contribution >= 4 is 32.8 Å². The molecule has 0 radical (unpaired) electrons. The highest BCUT2D eigenvalue weighted by molar-refractivity contribution is 7.92. The van der Waals surface area contributed by atoms with Gasteiger partial charge in [0.1, 0.15) is 12.2 Å². The second-order valence-corrected chi connectivity index (χ2v) is 10.4. The van der Waals surface area contributed by atoms with Gasteiger partial charge >= 0.3 is 6.09 Å². The highest BCUT2D eigenvalue weighted by atomic mass is 32.2. The Labute approximate surface area is 185 Å². The minimum Gasteiger partial charge on any atom is -0.444 e. The van der Waals surface area contributed by atoms with Gasteiger partial charge in [0.2, 0.25) is 0 Å². The van der Waals surface area contributed by atoms with Gasteiger partial charge in [-0.3, -0.25) is 9.67 Å². The number of carbonyl (C=O) groups excluding carboxylic acids is 1. The number of nitriles is 1. The predicted molar refractivity (Wildman–Crippen MR) is 116 cm³/mol. The third-order valence-electron chi connectivity index (χ3n) is 6.09. The molecule has 0 spiro atoms. The fourth-order valence-corrected chi connectivity index (χ4v) is 5.62. The van der Waals surface area contributed by atoms with Crippen LogP contribution in [-0.2, 0) is 28.0 Å². The molecule has 2 saturated heterocycles. The summed E-state index contributed by atoms with van der Waals surface area (Å²) in [6.07, 6.45) is 4.98. The van der Waals surface area contributed by atoms with Crippen LogP contribution in [0.3, 0.4) is 0 Å². The molecule has 2 aromatic heterocycles. The lowest BCUT2D eigenvalue weighted by molar-refractivity contribution is 0.0722. The van der Waals surface area contributed by atoms with Crippen molar-refractivity contribution in [3.8, 4) is 6.07 Å². The Bertz CT molecular complexity index is 1260. The molecular formula is C21H22N6O4S. The largest absolute Gasteiger partial charge is 0.444 e. The number of amides is 1. The number of rotatable bonds is 3. The Morgan fingerprint density at radius 3 is 2.62 bits per heavy atom. The quantitative estimate of drug-likeness (QED) is 0.669. The number of fused-ring (bicyclic) bond motifs is 1. The number of sulfone groups is 1. The molecule has 1 aliphatic carbocycles. The molecule has 32 heavy (non-hydrogen) atoms. The molecule has 3 aliphatic rings. The molecule has 166 valence electrons. The van der Waals surface area contributed by atoms with E-state index in [0.29, 0.717) is 38.2 Å². The first-order valence-electron chi connectivity index (χ1n) is 10.4. The summed E-state index contributed by atoms with van der Waals surface area (Å²) >= 11 is 0. The maximum atomic E-state index is 12.4. The van der Waals surface area contributed by atoms with Crippen molar-refractivity contribution in [3.05, 3.63) is 41.5 Å². The van der Waals surface area contributed by atoms with Crippen molar-refractivity contribution in [1.82, 2.24) is 19.7 Å². The zero-order valence-corrected chi connectivity index (χ0v) is 18.4. The number of pyridine rings is 1. The normalized spacial score (nSPS) is 20.0. The Morgan fingerprint density at radius 1 is 1.25 bits per heavy atom. The highest BCUT2D eigenvalue weighted by Gasteiger charge is 2.38. The number of anilines is 1. The summed E-state index contributed by atoms with van der Waals surface area (Å²) < 4.78 is 29.5. The average molecular weight is 455 g/mol. The van der Waals surface area contributed by atoms with E-state index >= 15 is 0 Å². The zero-order chi connectivity index (χ0) is 22.5. The van der Waals surface area contributed by atoms with Crippen molar-refractivity contribution in [2.45, 2.75) is 12.5 Å². The van der Waals surface area contributed by atoms with Crippen LogP contribution in [-0.4, -0.2) is 78.0 Å². The van der Waals surface area contributed by atoms with Gasteiger partial charge in [0.05, 0.1) is 29.0 Å². The topological polar surface area (TPSA) is 121 Å². The average Bonchev–Trinajstić information content (AvgIpc) is 3.35. The van der Waals surface area contributed by atoms with E-state index < -0.39 is 22.0 Å². The van der Waals surface area contributed by atoms with E-state index in [0.717, 1.165) is 28.1 Å². The first kappa shape index (κ1) is 20.5. The molecule has 0 unspecified atom stereocenters. The lowest BCUT2D eigenvalue weighted by Gasteiger charge is -2.37. The summed E-state index contributed by atoms with van der Waals surface area (Å²) in [6.45, 7) is 2.07. The predicted octanol–water partition coefficient (Wildman–Crippen LogP) is 0.861. The number of piperazine rings is 1. The smallest absolute Gasteiger partial charge is 0.410 e. The number of aromatic nitrogens is 3. The molecule has 11 heteroatoms. The summed E-state index contributed by atoms with van der Waals surface area (Å²) in [4.78, 5) is 20.6. The summed E-state index contributed by atoms with van der Waals surface area (Å²) in [5.41, 5.74) is 5.11. The van der Waals surface area contributed by atoms with E-state index in [-0.39, 0.29) is 11.5 Å². The van der Waals surface area contributed by atoms with Crippen molar-refractivity contribution in [2.75, 3.05) is 42.6 Å². The summed E-state index contributed by atoms with van der Waals surface area (Å²) in [7, 11) is -1.19. The lowest BCUT2D eigenvalue weighted by atomic mass is 10.0. The van der Waals surface area contributed by atoms with E-state index in [1.165, 1.54) is 0 Å². The first-order valence-corrected chi connectivity index (χ1v) is 12.2. The van der Waals surface area contributed by atoms with Gasteiger partial charge < -0.3 is 14.5 Å². The second-order valence-electron chi connectivity index (χ2n) is 8.25. The fraction of sp³-hybridized carbons (Fsp3) is 0.429. The standard InChI is InChI=1S/C21H22N6O4S/c1-25-11-14(10-24-25)16-8-18-20(17(16)9-22)19(2-3-23-18)26-4-6-27(7-5-26)21(28)31-15-12-32(29,30)13-15/h2-3,10-11,15H,4-8,12-13H2,1H3. The van der Waals surface area contributed by atoms with Crippen molar-refractivity contribution in [2.24, 2.45) is 7.05 Å². The molecule has 0 atom stereocenters. The van der Waals surface area contributed by atoms with Crippen LogP contribution in [0, 0.1) is 11.3 Å². The first-order chi connectivity index (χ1) is 15.3. The van der Waals surface area contributed by atoms with Crippen LogP contribution >= 0.6 is 0 Å². The van der Waals surface area contributed by atoms with Crippen LogP contribution in [0.25, 0.3) is 11.1 Å². The van der Waals surface area contributed by atoms with Gasteiger partial charge in [-0.1, -0.05) is 0 Å². The Hall–Kier alpha value is -3.39. The number of carbonyl (C=O) groups is 1. The van der Waals surface area contributed by atoms with Crippen LogP contribution in [0.2, 0.25) is 0 Å². The van der Waals surface area contributed by atoms with Gasteiger partial charge in [0.15, 0.2) is 9.84 Å². The van der Waals surface area contributed by atoms with E-state index in [4.69, 9.17) is 4.74 Å². The van der Waals surface area contributed by atoms with Gasteiger partial charge in [-0.25, -0.2) is 13.2 Å². The Morgan fingerprint density at radius 2 is 2.00 bits per heavy atom. The fourth-order valence-electron chi connectivity index (χ4n) is 4.45. The lowest BCUT2D eigenvalue weighted by Crippen LogP contribution is -2.52. The molecule has 5 rings (SSSR count). The molecule has 0 N–H and O–H groups in total. The highest BCUT2D eigenvalue weighted by Crippen LogP contribution is 2.42. The van der Waals surface area contributed by atoms with Crippen molar-refractivity contribution in [1.29, 1.82) is 5.26 Å². The van der Waals surface area contributed by atoms with E-state index in [2.05, 4.69) is 21.1 Å². The molecular weight excluding hydrogens is 432 g/mol. The van der Waals surface area contributed by atoms with Crippen LogP contribution in [0.4, 0.5) is 10.5 Å². The summed E-state index contributed by atoms with van der Waals surface area (Å²) in [5, 5.41) is 14.2. The maximum Gasteiger partial charge on any atom is 0.410 e. The molecule has 2 fully saturated rings. The minimum absolute atomic E-state index is 0.0929. The van der Waals surface area contributed by atoms with Gasteiger partial charge in [-0.05, 0) is 11.6 Å². The molecule has 2 aliphatic heterocycles. The number of hydrogen-bond donors (Lipinski definition) is 0. The third-order valence-corrected chi connectivity index (χ3v) is 7.85.